The van der Waals surface area contributed by atoms with Crippen LogP contribution < -0.4 is 9.47 Å². The number of carbonyl (C=O) groups excluding carboxylic acids is 1. The van der Waals surface area contributed by atoms with Crippen LogP contribution in [0.3, 0.4) is 0 Å². The molecule has 2 heterocycles. The van der Waals surface area contributed by atoms with Gasteiger partial charge in [0.1, 0.15) is 11.9 Å². The van der Waals surface area contributed by atoms with Crippen molar-refractivity contribution in [2.24, 2.45) is 0 Å². The van der Waals surface area contributed by atoms with Gasteiger partial charge in [0.05, 0.1) is 14.2 Å². The highest BCUT2D eigenvalue weighted by atomic mass is 32.2. The Kier molecular flexibility index (Phi) is 4.99. The van der Waals surface area contributed by atoms with Crippen LogP contribution in [0.5, 0.6) is 11.5 Å². The number of ether oxygens (including phenoxy) is 2. The number of para-hydroxylation sites is 1. The molecule has 27 heavy (non-hydrogen) atoms. The van der Waals surface area contributed by atoms with E-state index < -0.39 is 0 Å². The van der Waals surface area contributed by atoms with E-state index in [4.69, 9.17) is 9.47 Å². The number of hydrogen-bond acceptors (Lipinski definition) is 4. The van der Waals surface area contributed by atoms with Crippen molar-refractivity contribution in [1.29, 1.82) is 0 Å². The molecule has 1 aliphatic rings. The minimum absolute atomic E-state index is 0.000803. The lowest BCUT2D eigenvalue weighted by molar-refractivity contribution is -0.131. The molecule has 1 atom stereocenters. The Balaban J connectivity index is 1.57. The molecular weight excluding hydrogens is 360 g/mol. The third-order valence-corrected chi connectivity index (χ3v) is 6.15. The summed E-state index contributed by atoms with van der Waals surface area (Å²) in [6.07, 6.45) is 1.98. The molecule has 1 aromatic heterocycles. The van der Waals surface area contributed by atoms with Crippen molar-refractivity contribution in [3.63, 3.8) is 0 Å². The molecule has 1 amide bonds. The molecule has 5 nitrogen and oxygen atoms in total. The van der Waals surface area contributed by atoms with Gasteiger partial charge in [-0.1, -0.05) is 24.3 Å². The molecule has 3 aromatic rings. The number of fused-ring (bicyclic) bond motifs is 1. The molecule has 0 radical (unpaired) electrons. The number of aromatic nitrogens is 1. The first kappa shape index (κ1) is 17.8. The van der Waals surface area contributed by atoms with Gasteiger partial charge in [0.2, 0.25) is 5.91 Å². The maximum Gasteiger partial charge on any atom is 0.243 e. The second kappa shape index (κ2) is 7.56. The third kappa shape index (κ3) is 3.37. The number of rotatable bonds is 5. The highest BCUT2D eigenvalue weighted by Crippen LogP contribution is 2.41. The van der Waals surface area contributed by atoms with Crippen LogP contribution in [0.4, 0.5) is 0 Å². The van der Waals surface area contributed by atoms with Gasteiger partial charge < -0.3 is 18.9 Å². The van der Waals surface area contributed by atoms with E-state index >= 15 is 0 Å². The fourth-order valence-electron chi connectivity index (χ4n) is 3.52. The minimum atomic E-state index is -0.000803. The van der Waals surface area contributed by atoms with Crippen molar-refractivity contribution >= 4 is 28.6 Å². The van der Waals surface area contributed by atoms with Crippen molar-refractivity contribution in [2.45, 2.75) is 11.9 Å². The van der Waals surface area contributed by atoms with E-state index in [0.717, 1.165) is 28.8 Å². The second-order valence-electron chi connectivity index (χ2n) is 6.43. The topological polar surface area (TPSA) is 43.7 Å². The first-order chi connectivity index (χ1) is 13.2. The molecule has 1 unspecified atom stereocenters. The number of amides is 1. The summed E-state index contributed by atoms with van der Waals surface area (Å²) in [6.45, 7) is 1.10. The van der Waals surface area contributed by atoms with Crippen LogP contribution in [-0.4, -0.2) is 41.9 Å². The summed E-state index contributed by atoms with van der Waals surface area (Å²) in [7, 11) is 3.25. The van der Waals surface area contributed by atoms with Gasteiger partial charge in [0.15, 0.2) is 11.5 Å². The Hall–Kier alpha value is -2.60. The van der Waals surface area contributed by atoms with Crippen LogP contribution in [0, 0.1) is 0 Å². The monoisotopic (exact) mass is 382 g/mol. The normalized spacial score (nSPS) is 16.7. The molecule has 1 aliphatic heterocycles. The second-order valence-corrected chi connectivity index (χ2v) is 7.62. The summed E-state index contributed by atoms with van der Waals surface area (Å²) in [5.74, 6) is 2.44. The summed E-state index contributed by atoms with van der Waals surface area (Å²) >= 11 is 1.78. The predicted octanol–water partition coefficient (Wildman–Crippen LogP) is 3.93. The number of methoxy groups -OCH3 is 2. The van der Waals surface area contributed by atoms with E-state index in [1.54, 1.807) is 26.0 Å². The van der Waals surface area contributed by atoms with Crippen LogP contribution in [0.1, 0.15) is 10.9 Å². The van der Waals surface area contributed by atoms with E-state index in [1.807, 2.05) is 58.1 Å². The molecule has 140 valence electrons. The first-order valence-corrected chi connectivity index (χ1v) is 9.93. The number of hydrogen-bond donors (Lipinski definition) is 0. The van der Waals surface area contributed by atoms with Crippen LogP contribution in [-0.2, 0) is 11.3 Å². The van der Waals surface area contributed by atoms with Gasteiger partial charge in [-0.2, -0.15) is 0 Å². The zero-order chi connectivity index (χ0) is 18.8. The lowest BCUT2D eigenvalue weighted by Gasteiger charge is -2.25. The number of benzene rings is 2. The number of carbonyl (C=O) groups is 1. The fraction of sp³-hybridized carbons (Fsp3) is 0.286. The maximum atomic E-state index is 13.1. The minimum Gasteiger partial charge on any atom is -0.493 e. The number of nitrogens with zero attached hydrogens (tertiary/aromatic N) is 2. The fourth-order valence-corrected chi connectivity index (χ4v) is 4.79. The third-order valence-electron chi connectivity index (χ3n) is 4.89. The van der Waals surface area contributed by atoms with Crippen molar-refractivity contribution in [3.8, 4) is 11.5 Å². The van der Waals surface area contributed by atoms with Gasteiger partial charge in [-0.3, -0.25) is 4.79 Å². The van der Waals surface area contributed by atoms with Crippen LogP contribution in [0.15, 0.2) is 54.7 Å². The van der Waals surface area contributed by atoms with Crippen LogP contribution in [0.25, 0.3) is 10.9 Å². The zero-order valence-electron chi connectivity index (χ0n) is 15.4. The first-order valence-electron chi connectivity index (χ1n) is 8.88. The van der Waals surface area contributed by atoms with Gasteiger partial charge in [-0.05, 0) is 35.2 Å². The van der Waals surface area contributed by atoms with Gasteiger partial charge in [-0.25, -0.2) is 0 Å². The van der Waals surface area contributed by atoms with Gasteiger partial charge >= 0.3 is 0 Å². The molecule has 1 saturated heterocycles. The van der Waals surface area contributed by atoms with Crippen molar-refractivity contribution in [2.75, 3.05) is 26.5 Å². The highest BCUT2D eigenvalue weighted by molar-refractivity contribution is 7.99. The largest absolute Gasteiger partial charge is 0.493 e. The molecule has 4 rings (SSSR count). The lowest BCUT2D eigenvalue weighted by atomic mass is 10.1. The summed E-state index contributed by atoms with van der Waals surface area (Å²) in [5, 5.41) is 1.15. The molecule has 2 aromatic carbocycles. The van der Waals surface area contributed by atoms with Gasteiger partial charge in [-0.15, -0.1) is 11.8 Å². The van der Waals surface area contributed by atoms with Crippen LogP contribution >= 0.6 is 11.8 Å². The molecular formula is C21H22N2O3S. The van der Waals surface area contributed by atoms with E-state index in [2.05, 4.69) is 6.07 Å². The van der Waals surface area contributed by atoms with Gasteiger partial charge in [0.25, 0.3) is 0 Å². The summed E-state index contributed by atoms with van der Waals surface area (Å²) in [4.78, 5) is 15.0. The van der Waals surface area contributed by atoms with E-state index in [0.29, 0.717) is 18.0 Å². The standard InChI is InChI=1S/C21H22N2O3S/c1-25-18-8-7-16(13-19(18)26-2)21-23(11-12-27-21)20(24)14-22-10-9-15-5-3-4-6-17(15)22/h3-10,13,21H,11-12,14H2,1-2H3. The van der Waals surface area contributed by atoms with Crippen molar-refractivity contribution in [1.82, 2.24) is 9.47 Å². The number of thioether (sulfide) groups is 1. The quantitative estimate of drug-likeness (QED) is 0.671. The molecule has 0 bridgehead atoms. The summed E-state index contributed by atoms with van der Waals surface area (Å²) in [5.41, 5.74) is 2.14. The summed E-state index contributed by atoms with van der Waals surface area (Å²) < 4.78 is 12.8. The zero-order valence-corrected chi connectivity index (χ0v) is 16.2. The van der Waals surface area contributed by atoms with Crippen LogP contribution in [0.2, 0.25) is 0 Å². The summed E-state index contributed by atoms with van der Waals surface area (Å²) in [6, 6.07) is 16.0. The van der Waals surface area contributed by atoms with Gasteiger partial charge in [0, 0.05) is 24.0 Å². The van der Waals surface area contributed by atoms with Crippen molar-refractivity contribution in [3.05, 3.63) is 60.3 Å². The van der Waals surface area contributed by atoms with Crippen molar-refractivity contribution < 1.29 is 14.3 Å². The predicted molar refractivity (Wildman–Crippen MR) is 108 cm³/mol. The molecule has 6 heteroatoms. The molecule has 0 saturated carbocycles. The molecule has 1 fully saturated rings. The maximum absolute atomic E-state index is 13.1. The lowest BCUT2D eigenvalue weighted by Crippen LogP contribution is -2.33. The Bertz CT molecular complexity index is 969. The Morgan fingerprint density at radius 3 is 2.74 bits per heavy atom. The van der Waals surface area contributed by atoms with E-state index in [9.17, 15) is 4.79 Å². The van der Waals surface area contributed by atoms with E-state index in [-0.39, 0.29) is 11.3 Å². The highest BCUT2D eigenvalue weighted by Gasteiger charge is 2.31. The SMILES string of the molecule is COc1ccc(C2SCCN2C(=O)Cn2ccc3ccccc32)cc1OC. The Morgan fingerprint density at radius 1 is 1.11 bits per heavy atom. The smallest absolute Gasteiger partial charge is 0.243 e. The average Bonchev–Trinajstić information content (AvgIpc) is 3.35. The molecule has 0 N–H and O–H groups in total. The molecule has 0 spiro atoms. The Labute approximate surface area is 162 Å². The average molecular weight is 382 g/mol. The Morgan fingerprint density at radius 2 is 1.93 bits per heavy atom. The molecule has 0 aliphatic carbocycles. The van der Waals surface area contributed by atoms with E-state index in [1.165, 1.54) is 0 Å².